The van der Waals surface area contributed by atoms with Gasteiger partial charge in [-0.2, -0.15) is 5.10 Å². The van der Waals surface area contributed by atoms with Crippen molar-refractivity contribution in [2.24, 2.45) is 5.92 Å². The van der Waals surface area contributed by atoms with Crippen molar-refractivity contribution in [1.29, 1.82) is 0 Å². The summed E-state index contributed by atoms with van der Waals surface area (Å²) in [5.74, 6) is 0.182. The Bertz CT molecular complexity index is 1620. The minimum atomic E-state index is -0.513. The summed E-state index contributed by atoms with van der Waals surface area (Å²) in [5.41, 5.74) is 3.53. The van der Waals surface area contributed by atoms with E-state index in [1.165, 1.54) is 24.3 Å². The number of aliphatic hydroxyl groups is 1. The lowest BCUT2D eigenvalue weighted by molar-refractivity contribution is -0.111. The summed E-state index contributed by atoms with van der Waals surface area (Å²) in [5, 5.41) is 14.9. The molecule has 3 aromatic carbocycles. The van der Waals surface area contributed by atoms with E-state index in [1.54, 1.807) is 13.1 Å². The number of carbonyl (C=O) groups is 1. The summed E-state index contributed by atoms with van der Waals surface area (Å²) < 4.78 is 35.3. The number of H-pyrrole nitrogens is 2. The Hall–Kier alpha value is -4.57. The number of halogens is 2. The normalized spacial score (nSPS) is 13.1. The Labute approximate surface area is 223 Å². The highest BCUT2D eigenvalue weighted by atomic mass is 19.1. The number of nitrogens with one attached hydrogen (secondary N) is 2. The number of nitrogens with zero attached hydrogens (tertiary/aromatic N) is 3. The maximum Gasteiger partial charge on any atom is 0.184 e. The Balaban J connectivity index is 0.00000151. The number of carbonyl (C=O) groups excluding carboxylic acids is 1. The zero-order chi connectivity index (χ0) is 27.5. The van der Waals surface area contributed by atoms with E-state index in [2.05, 4.69) is 31.1 Å². The van der Waals surface area contributed by atoms with Crippen molar-refractivity contribution in [2.75, 3.05) is 25.1 Å². The van der Waals surface area contributed by atoms with Crippen LogP contribution in [0.3, 0.4) is 0 Å². The average Bonchev–Trinajstić information content (AvgIpc) is 3.58. The number of hydrogen-bond acceptors (Lipinski definition) is 6. The number of aliphatic hydroxyl groups excluding tert-OH is 1. The third kappa shape index (κ3) is 5.23. The first-order chi connectivity index (χ1) is 19.0. The molecule has 2 aromatic heterocycles. The molecular formula is C29H27F2N5O3. The van der Waals surface area contributed by atoms with Gasteiger partial charge in [-0.05, 0) is 48.9 Å². The van der Waals surface area contributed by atoms with E-state index in [4.69, 9.17) is 9.84 Å². The van der Waals surface area contributed by atoms with E-state index in [1.807, 2.05) is 24.3 Å². The van der Waals surface area contributed by atoms with Crippen molar-refractivity contribution in [1.82, 2.24) is 20.2 Å². The first kappa shape index (κ1) is 26.1. The molecule has 5 aromatic rings. The van der Waals surface area contributed by atoms with Crippen molar-refractivity contribution in [2.45, 2.75) is 13.3 Å². The minimum absolute atomic E-state index is 0.0851. The number of aromatic amines is 2. The van der Waals surface area contributed by atoms with Crippen molar-refractivity contribution in [3.05, 3.63) is 89.4 Å². The summed E-state index contributed by atoms with van der Waals surface area (Å²) in [6.07, 6.45) is 3.21. The van der Waals surface area contributed by atoms with Crippen LogP contribution >= 0.6 is 0 Å². The van der Waals surface area contributed by atoms with Crippen molar-refractivity contribution in [3.8, 4) is 22.9 Å². The minimum Gasteiger partial charge on any atom is -0.454 e. The zero-order valence-electron chi connectivity index (χ0n) is 21.4. The zero-order valence-corrected chi connectivity index (χ0v) is 21.4. The van der Waals surface area contributed by atoms with Crippen molar-refractivity contribution < 1.29 is 23.4 Å². The summed E-state index contributed by atoms with van der Waals surface area (Å²) in [6.45, 7) is 3.22. The lowest BCUT2D eigenvalue weighted by Crippen LogP contribution is -2.47. The molecule has 1 saturated heterocycles. The van der Waals surface area contributed by atoms with Gasteiger partial charge in [-0.25, -0.2) is 13.8 Å². The second-order valence-electron chi connectivity index (χ2n) is 9.25. The summed E-state index contributed by atoms with van der Waals surface area (Å²) in [7, 11) is 1.00. The first-order valence-corrected chi connectivity index (χ1v) is 12.4. The molecule has 0 saturated carbocycles. The van der Waals surface area contributed by atoms with E-state index in [9.17, 15) is 13.6 Å². The molecule has 0 atom stereocenters. The molecule has 0 amide bonds. The maximum absolute atomic E-state index is 14.7. The fraction of sp³-hybridized carbons (Fsp3) is 0.207. The van der Waals surface area contributed by atoms with Gasteiger partial charge in [-0.15, -0.1) is 0 Å². The van der Waals surface area contributed by atoms with E-state index in [0.29, 0.717) is 23.3 Å². The van der Waals surface area contributed by atoms with Crippen LogP contribution in [0.25, 0.3) is 22.3 Å². The number of fused-ring (bicyclic) bond motifs is 1. The van der Waals surface area contributed by atoms with E-state index in [-0.39, 0.29) is 28.8 Å². The summed E-state index contributed by atoms with van der Waals surface area (Å²) in [6, 6.07) is 15.4. The molecule has 39 heavy (non-hydrogen) atoms. The van der Waals surface area contributed by atoms with Gasteiger partial charge in [0.15, 0.2) is 17.4 Å². The van der Waals surface area contributed by atoms with Gasteiger partial charge in [0.1, 0.15) is 23.7 Å². The molecule has 8 nitrogen and oxygen atoms in total. The Morgan fingerprint density at radius 3 is 2.72 bits per heavy atom. The fourth-order valence-electron chi connectivity index (χ4n) is 4.67. The second kappa shape index (κ2) is 11.0. The monoisotopic (exact) mass is 531 g/mol. The van der Waals surface area contributed by atoms with Gasteiger partial charge in [-0.3, -0.25) is 5.10 Å². The van der Waals surface area contributed by atoms with Gasteiger partial charge in [0.25, 0.3) is 0 Å². The molecule has 3 heterocycles. The maximum atomic E-state index is 14.7. The van der Waals surface area contributed by atoms with Gasteiger partial charge >= 0.3 is 0 Å². The van der Waals surface area contributed by atoms with Gasteiger partial charge in [-0.1, -0.05) is 12.1 Å². The van der Waals surface area contributed by atoms with Crippen LogP contribution in [-0.2, 0) is 11.2 Å². The van der Waals surface area contributed by atoms with Crippen LogP contribution < -0.4 is 9.64 Å². The number of aryl methyl sites for hydroxylation is 1. The molecule has 0 spiro atoms. The van der Waals surface area contributed by atoms with Crippen LogP contribution in [-0.4, -0.2) is 51.8 Å². The lowest BCUT2D eigenvalue weighted by atomic mass is 10.0. The summed E-state index contributed by atoms with van der Waals surface area (Å²) in [4.78, 5) is 20.5. The predicted molar refractivity (Wildman–Crippen MR) is 144 cm³/mol. The molecule has 1 fully saturated rings. The molecule has 0 radical (unpaired) electrons. The molecule has 1 aliphatic heterocycles. The largest absolute Gasteiger partial charge is 0.454 e. The number of anilines is 1. The van der Waals surface area contributed by atoms with Crippen molar-refractivity contribution >= 4 is 22.9 Å². The Morgan fingerprint density at radius 2 is 1.92 bits per heavy atom. The number of aromatic nitrogens is 4. The third-order valence-electron chi connectivity index (χ3n) is 6.69. The molecule has 10 heteroatoms. The van der Waals surface area contributed by atoms with Crippen LogP contribution in [0, 0.1) is 24.5 Å². The average molecular weight is 532 g/mol. The SMILES string of the molecule is CO.Cc1c(Oc2ccc(F)c(-c3n[nH]c(Cc4cccc(N5CC(C=O)C5)c4)n3)c2)c(F)cc2[nH]ccc12. The quantitative estimate of drug-likeness (QED) is 0.250. The molecule has 0 aliphatic carbocycles. The number of rotatable bonds is 7. The standard InChI is InChI=1S/C28H23F2N5O2.CH4O/c1-16-21-7-8-31-25(21)12-24(30)27(16)37-20-5-6-23(29)22(11-20)28-32-26(33-34-28)10-17-3-2-4-19(9-17)35-13-18(14-35)15-36;1-2/h2-9,11-12,15,18,31H,10,13-14H2,1H3,(H,32,33,34);2H,1H3. The predicted octanol–water partition coefficient (Wildman–Crippen LogP) is 5.17. The Morgan fingerprint density at radius 1 is 1.10 bits per heavy atom. The highest BCUT2D eigenvalue weighted by Crippen LogP contribution is 2.35. The molecule has 200 valence electrons. The molecule has 3 N–H and O–H groups in total. The highest BCUT2D eigenvalue weighted by Gasteiger charge is 2.26. The van der Waals surface area contributed by atoms with Crippen LogP contribution in [0.4, 0.5) is 14.5 Å². The van der Waals surface area contributed by atoms with Gasteiger partial charge in [0.05, 0.1) is 5.56 Å². The third-order valence-corrected chi connectivity index (χ3v) is 6.69. The molecular weight excluding hydrogens is 504 g/mol. The lowest BCUT2D eigenvalue weighted by Gasteiger charge is -2.38. The van der Waals surface area contributed by atoms with Gasteiger partial charge in [0.2, 0.25) is 0 Å². The van der Waals surface area contributed by atoms with Crippen molar-refractivity contribution in [3.63, 3.8) is 0 Å². The van der Waals surface area contributed by atoms with E-state index >= 15 is 0 Å². The number of aldehydes is 1. The first-order valence-electron chi connectivity index (χ1n) is 12.4. The second-order valence-corrected chi connectivity index (χ2v) is 9.25. The smallest absolute Gasteiger partial charge is 0.184 e. The van der Waals surface area contributed by atoms with E-state index < -0.39 is 11.6 Å². The van der Waals surface area contributed by atoms with E-state index in [0.717, 1.165) is 43.1 Å². The van der Waals surface area contributed by atoms with Gasteiger partial charge < -0.3 is 24.5 Å². The van der Waals surface area contributed by atoms with Crippen LogP contribution in [0.1, 0.15) is 17.0 Å². The van der Waals surface area contributed by atoms with Crippen LogP contribution in [0.15, 0.2) is 60.8 Å². The van der Waals surface area contributed by atoms with Crippen LogP contribution in [0.5, 0.6) is 11.5 Å². The number of benzene rings is 3. The number of hydrogen-bond donors (Lipinski definition) is 3. The van der Waals surface area contributed by atoms with Crippen LogP contribution in [0.2, 0.25) is 0 Å². The molecule has 6 rings (SSSR count). The molecule has 1 aliphatic rings. The highest BCUT2D eigenvalue weighted by molar-refractivity contribution is 5.85. The summed E-state index contributed by atoms with van der Waals surface area (Å²) >= 11 is 0. The van der Waals surface area contributed by atoms with Gasteiger partial charge in [0, 0.05) is 67.0 Å². The fourth-order valence-corrected chi connectivity index (χ4v) is 4.67. The number of ether oxygens (including phenoxy) is 1. The molecule has 0 bridgehead atoms. The Kier molecular flexibility index (Phi) is 7.38. The molecule has 0 unspecified atom stereocenters. The topological polar surface area (TPSA) is 107 Å².